The van der Waals surface area contributed by atoms with E-state index in [4.69, 9.17) is 5.26 Å². The molecule has 90 valence electrons. The lowest BCUT2D eigenvalue weighted by molar-refractivity contribution is 0.439. The van der Waals surface area contributed by atoms with Crippen LogP contribution in [0, 0.1) is 18.3 Å². The van der Waals surface area contributed by atoms with E-state index < -0.39 is 10.0 Å². The molecule has 1 aromatic rings. The number of rotatable bonds is 4. The maximum atomic E-state index is 12.3. The van der Waals surface area contributed by atoms with E-state index in [1.54, 1.807) is 24.3 Å². The van der Waals surface area contributed by atoms with E-state index in [0.29, 0.717) is 0 Å². The molecule has 0 amide bonds. The normalized spacial score (nSPS) is 15.8. The highest BCUT2D eigenvalue weighted by atomic mass is 32.2. The second-order valence-electron chi connectivity index (χ2n) is 4.25. The van der Waals surface area contributed by atoms with Crippen LogP contribution >= 0.6 is 0 Å². The molecule has 1 aliphatic carbocycles. The Morgan fingerprint density at radius 2 is 1.94 bits per heavy atom. The summed E-state index contributed by atoms with van der Waals surface area (Å²) in [5.41, 5.74) is 1.02. The molecule has 0 heterocycles. The zero-order chi connectivity index (χ0) is 12.5. The van der Waals surface area contributed by atoms with Crippen LogP contribution in [0.4, 0.5) is 0 Å². The average Bonchev–Trinajstić information content (AvgIpc) is 3.10. The summed E-state index contributed by atoms with van der Waals surface area (Å²) in [7, 11) is -3.51. The second-order valence-corrected chi connectivity index (χ2v) is 6.14. The van der Waals surface area contributed by atoms with Crippen molar-refractivity contribution in [1.29, 1.82) is 5.26 Å². The van der Waals surface area contributed by atoms with Crippen LogP contribution in [-0.4, -0.2) is 25.3 Å². The van der Waals surface area contributed by atoms with Crippen LogP contribution in [0.3, 0.4) is 0 Å². The zero-order valence-electron chi connectivity index (χ0n) is 9.63. The van der Waals surface area contributed by atoms with Crippen LogP contribution in [0.2, 0.25) is 0 Å². The fourth-order valence-corrected chi connectivity index (χ4v) is 3.27. The highest BCUT2D eigenvalue weighted by Crippen LogP contribution is 2.31. The second kappa shape index (κ2) is 4.47. The van der Waals surface area contributed by atoms with Crippen LogP contribution in [0.25, 0.3) is 0 Å². The van der Waals surface area contributed by atoms with Crippen molar-refractivity contribution in [2.45, 2.75) is 30.7 Å². The molecule has 0 bridgehead atoms. The van der Waals surface area contributed by atoms with Gasteiger partial charge in [-0.1, -0.05) is 17.7 Å². The number of hydrogen-bond donors (Lipinski definition) is 0. The Morgan fingerprint density at radius 1 is 1.35 bits per heavy atom. The standard InChI is InChI=1S/C12H14N2O2S/c1-10-2-6-12(7-3-10)17(15,16)14(9-8-13)11-4-5-11/h2-3,6-7,11H,4-5,9H2,1H3. The zero-order valence-corrected chi connectivity index (χ0v) is 10.4. The van der Waals surface area contributed by atoms with Crippen LogP contribution in [0.15, 0.2) is 29.2 Å². The first-order valence-corrected chi connectivity index (χ1v) is 6.95. The smallest absolute Gasteiger partial charge is 0.207 e. The molecule has 0 spiro atoms. The molecule has 1 aliphatic rings. The molecular weight excluding hydrogens is 236 g/mol. The Bertz CT molecular complexity index is 539. The summed E-state index contributed by atoms with van der Waals surface area (Å²) >= 11 is 0. The highest BCUT2D eigenvalue weighted by Gasteiger charge is 2.37. The Hall–Kier alpha value is -1.38. The van der Waals surface area contributed by atoms with Gasteiger partial charge in [0, 0.05) is 6.04 Å². The summed E-state index contributed by atoms with van der Waals surface area (Å²) in [6.45, 7) is 1.84. The minimum Gasteiger partial charge on any atom is -0.207 e. The Labute approximate surface area is 102 Å². The van der Waals surface area contributed by atoms with E-state index in [1.807, 2.05) is 13.0 Å². The van der Waals surface area contributed by atoms with Crippen molar-refractivity contribution in [1.82, 2.24) is 4.31 Å². The monoisotopic (exact) mass is 250 g/mol. The van der Waals surface area contributed by atoms with E-state index in [0.717, 1.165) is 18.4 Å². The molecule has 4 nitrogen and oxygen atoms in total. The lowest BCUT2D eigenvalue weighted by Gasteiger charge is -2.18. The van der Waals surface area contributed by atoms with Gasteiger partial charge in [-0.2, -0.15) is 9.57 Å². The van der Waals surface area contributed by atoms with Gasteiger partial charge in [0.2, 0.25) is 10.0 Å². The maximum Gasteiger partial charge on any atom is 0.244 e. The van der Waals surface area contributed by atoms with Crippen molar-refractivity contribution in [3.63, 3.8) is 0 Å². The van der Waals surface area contributed by atoms with Gasteiger partial charge in [-0.25, -0.2) is 8.42 Å². The molecule has 5 heteroatoms. The molecule has 0 N–H and O–H groups in total. The van der Waals surface area contributed by atoms with Gasteiger partial charge in [-0.05, 0) is 31.9 Å². The van der Waals surface area contributed by atoms with Gasteiger partial charge in [0.1, 0.15) is 6.54 Å². The van der Waals surface area contributed by atoms with Gasteiger partial charge < -0.3 is 0 Å². The molecule has 0 atom stereocenters. The number of nitrogens with zero attached hydrogens (tertiary/aromatic N) is 2. The molecule has 0 radical (unpaired) electrons. The molecule has 17 heavy (non-hydrogen) atoms. The first-order valence-electron chi connectivity index (χ1n) is 5.51. The predicted octanol–water partition coefficient (Wildman–Crippen LogP) is 1.67. The van der Waals surface area contributed by atoms with Crippen LogP contribution in [-0.2, 0) is 10.0 Å². The van der Waals surface area contributed by atoms with E-state index >= 15 is 0 Å². The summed E-state index contributed by atoms with van der Waals surface area (Å²) < 4.78 is 25.9. The lowest BCUT2D eigenvalue weighted by Crippen LogP contribution is -2.33. The number of sulfonamides is 1. The fraction of sp³-hybridized carbons (Fsp3) is 0.417. The van der Waals surface area contributed by atoms with Crippen molar-refractivity contribution in [3.8, 4) is 6.07 Å². The maximum absolute atomic E-state index is 12.3. The minimum absolute atomic E-state index is 0.0148. The van der Waals surface area contributed by atoms with Crippen molar-refractivity contribution in [3.05, 3.63) is 29.8 Å². The third-order valence-electron chi connectivity index (χ3n) is 2.81. The summed E-state index contributed by atoms with van der Waals surface area (Å²) in [4.78, 5) is 0.269. The van der Waals surface area contributed by atoms with E-state index in [9.17, 15) is 8.42 Å². The van der Waals surface area contributed by atoms with Crippen LogP contribution in [0.5, 0.6) is 0 Å². The molecule has 0 unspecified atom stereocenters. The van der Waals surface area contributed by atoms with E-state index in [-0.39, 0.29) is 17.5 Å². The van der Waals surface area contributed by atoms with Gasteiger partial charge in [0.25, 0.3) is 0 Å². The summed E-state index contributed by atoms with van der Waals surface area (Å²) in [5, 5.41) is 8.71. The van der Waals surface area contributed by atoms with Gasteiger partial charge in [0.15, 0.2) is 0 Å². The van der Waals surface area contributed by atoms with Crippen molar-refractivity contribution >= 4 is 10.0 Å². The Morgan fingerprint density at radius 3 is 2.41 bits per heavy atom. The topological polar surface area (TPSA) is 61.2 Å². The molecule has 2 rings (SSSR count). The number of aryl methyl sites for hydroxylation is 1. The molecule has 1 fully saturated rings. The van der Waals surface area contributed by atoms with E-state index in [2.05, 4.69) is 0 Å². The average molecular weight is 250 g/mol. The number of benzene rings is 1. The molecule has 1 aromatic carbocycles. The van der Waals surface area contributed by atoms with Crippen molar-refractivity contribution in [2.75, 3.05) is 6.54 Å². The third-order valence-corrected chi connectivity index (χ3v) is 4.72. The van der Waals surface area contributed by atoms with Gasteiger partial charge in [0.05, 0.1) is 11.0 Å². The quantitative estimate of drug-likeness (QED) is 0.764. The molecule has 1 saturated carbocycles. The van der Waals surface area contributed by atoms with E-state index in [1.165, 1.54) is 4.31 Å². The molecular formula is C12H14N2O2S. The lowest BCUT2D eigenvalue weighted by atomic mass is 10.2. The van der Waals surface area contributed by atoms with Crippen molar-refractivity contribution in [2.24, 2.45) is 0 Å². The van der Waals surface area contributed by atoms with Crippen LogP contribution in [0.1, 0.15) is 18.4 Å². The first kappa shape index (κ1) is 12.1. The Balaban J connectivity index is 2.34. The fourth-order valence-electron chi connectivity index (χ4n) is 1.69. The first-order chi connectivity index (χ1) is 8.05. The number of nitriles is 1. The molecule has 0 aromatic heterocycles. The summed E-state index contributed by atoms with van der Waals surface area (Å²) in [6, 6.07) is 8.66. The predicted molar refractivity (Wildman–Crippen MR) is 63.7 cm³/mol. The van der Waals surface area contributed by atoms with Crippen LogP contribution < -0.4 is 0 Å². The summed E-state index contributed by atoms with van der Waals surface area (Å²) in [6.07, 6.45) is 1.71. The minimum atomic E-state index is -3.51. The van der Waals surface area contributed by atoms with Gasteiger partial charge in [-0.3, -0.25) is 0 Å². The largest absolute Gasteiger partial charge is 0.244 e. The molecule has 0 saturated heterocycles. The highest BCUT2D eigenvalue weighted by molar-refractivity contribution is 7.89. The van der Waals surface area contributed by atoms with Crippen molar-refractivity contribution < 1.29 is 8.42 Å². The van der Waals surface area contributed by atoms with Gasteiger partial charge >= 0.3 is 0 Å². The molecule has 0 aliphatic heterocycles. The SMILES string of the molecule is Cc1ccc(S(=O)(=O)N(CC#N)C2CC2)cc1. The number of hydrogen-bond acceptors (Lipinski definition) is 3. The third kappa shape index (κ3) is 2.48. The summed E-state index contributed by atoms with van der Waals surface area (Å²) in [5.74, 6) is 0. The Kier molecular flexibility index (Phi) is 3.18. The van der Waals surface area contributed by atoms with Gasteiger partial charge in [-0.15, -0.1) is 0 Å².